The summed E-state index contributed by atoms with van der Waals surface area (Å²) in [4.78, 5) is 2.50. The fourth-order valence-corrected chi connectivity index (χ4v) is 2.98. The fourth-order valence-electron chi connectivity index (χ4n) is 2.98. The lowest BCUT2D eigenvalue weighted by atomic mass is 9.96. The number of likely N-dealkylation sites (tertiary alicyclic amines) is 1. The Hall–Kier alpha value is -1.06. The zero-order valence-corrected chi connectivity index (χ0v) is 12.5. The Kier molecular flexibility index (Phi) is 4.16. The van der Waals surface area contributed by atoms with Gasteiger partial charge in [-0.3, -0.25) is 4.90 Å². The average Bonchev–Trinajstić information content (AvgIpc) is 2.72. The van der Waals surface area contributed by atoms with E-state index in [1.165, 1.54) is 5.56 Å². The summed E-state index contributed by atoms with van der Waals surface area (Å²) in [6.07, 6.45) is 1.04. The van der Waals surface area contributed by atoms with Gasteiger partial charge in [0.25, 0.3) is 0 Å². The van der Waals surface area contributed by atoms with Crippen LogP contribution in [0.5, 0.6) is 5.75 Å². The third-order valence-corrected chi connectivity index (χ3v) is 3.84. The average molecular weight is 262 g/mol. The number of para-hydroxylation sites is 1. The maximum absolute atomic E-state index is 6.37. The van der Waals surface area contributed by atoms with Gasteiger partial charge in [-0.25, -0.2) is 0 Å². The van der Waals surface area contributed by atoms with Crippen LogP contribution in [-0.2, 0) is 0 Å². The molecule has 2 atom stereocenters. The molecule has 0 spiro atoms. The normalized spacial score (nSPS) is 24.7. The Morgan fingerprint density at radius 1 is 1.32 bits per heavy atom. The summed E-state index contributed by atoms with van der Waals surface area (Å²) in [5.41, 5.74) is 7.72. The number of hydrogen-bond donors (Lipinski definition) is 1. The van der Waals surface area contributed by atoms with E-state index >= 15 is 0 Å². The molecule has 106 valence electrons. The molecule has 1 heterocycles. The van der Waals surface area contributed by atoms with Crippen molar-refractivity contribution in [2.75, 3.05) is 13.2 Å². The van der Waals surface area contributed by atoms with Crippen molar-refractivity contribution < 1.29 is 4.74 Å². The second-order valence-corrected chi connectivity index (χ2v) is 6.23. The van der Waals surface area contributed by atoms with E-state index in [9.17, 15) is 0 Å². The predicted molar refractivity (Wildman–Crippen MR) is 79.4 cm³/mol. The van der Waals surface area contributed by atoms with Crippen molar-refractivity contribution in [1.82, 2.24) is 4.90 Å². The highest BCUT2D eigenvalue weighted by molar-refractivity contribution is 5.37. The number of nitrogens with zero attached hydrogens (tertiary/aromatic N) is 1. The summed E-state index contributed by atoms with van der Waals surface area (Å²) >= 11 is 0. The summed E-state index contributed by atoms with van der Waals surface area (Å²) in [7, 11) is 0. The van der Waals surface area contributed by atoms with Crippen LogP contribution in [0, 0.1) is 0 Å². The monoisotopic (exact) mass is 262 g/mol. The Labute approximate surface area is 116 Å². The molecule has 2 unspecified atom stereocenters. The van der Waals surface area contributed by atoms with E-state index in [1.54, 1.807) is 0 Å². The van der Waals surface area contributed by atoms with E-state index in [1.807, 2.05) is 19.1 Å². The van der Waals surface area contributed by atoms with Crippen LogP contribution >= 0.6 is 0 Å². The third-order valence-electron chi connectivity index (χ3n) is 3.84. The number of rotatable bonds is 3. The standard InChI is InChI=1S/C16H26N2O/c1-5-19-14-9-7-6-8-12(14)15-13(17)10-11-18(15)16(2,3)4/h6-9,13,15H,5,10-11,17H2,1-4H3. The minimum absolute atomic E-state index is 0.123. The molecule has 1 fully saturated rings. The van der Waals surface area contributed by atoms with Crippen LogP contribution < -0.4 is 10.5 Å². The van der Waals surface area contributed by atoms with Crippen LogP contribution in [-0.4, -0.2) is 29.6 Å². The van der Waals surface area contributed by atoms with Crippen LogP contribution in [0.1, 0.15) is 45.7 Å². The van der Waals surface area contributed by atoms with Gasteiger partial charge >= 0.3 is 0 Å². The Balaban J connectivity index is 2.38. The van der Waals surface area contributed by atoms with Crippen molar-refractivity contribution in [1.29, 1.82) is 0 Å². The number of ether oxygens (including phenoxy) is 1. The van der Waals surface area contributed by atoms with Crippen molar-refractivity contribution in [3.63, 3.8) is 0 Å². The van der Waals surface area contributed by atoms with Gasteiger partial charge in [-0.05, 0) is 40.2 Å². The molecule has 2 N–H and O–H groups in total. The second kappa shape index (κ2) is 5.51. The topological polar surface area (TPSA) is 38.5 Å². The fraction of sp³-hybridized carbons (Fsp3) is 0.625. The Morgan fingerprint density at radius 2 is 2.00 bits per heavy atom. The van der Waals surface area contributed by atoms with E-state index in [4.69, 9.17) is 10.5 Å². The van der Waals surface area contributed by atoms with Gasteiger partial charge in [-0.2, -0.15) is 0 Å². The summed E-state index contributed by atoms with van der Waals surface area (Å²) in [5, 5.41) is 0. The first-order valence-electron chi connectivity index (χ1n) is 7.19. The van der Waals surface area contributed by atoms with E-state index in [0.29, 0.717) is 6.61 Å². The first-order valence-corrected chi connectivity index (χ1v) is 7.19. The molecule has 19 heavy (non-hydrogen) atoms. The molecule has 0 amide bonds. The van der Waals surface area contributed by atoms with Gasteiger partial charge in [0, 0.05) is 23.7 Å². The van der Waals surface area contributed by atoms with E-state index in [0.717, 1.165) is 18.7 Å². The molecule has 1 aromatic carbocycles. The SMILES string of the molecule is CCOc1ccccc1C1C(N)CCN1C(C)(C)C. The maximum Gasteiger partial charge on any atom is 0.124 e. The van der Waals surface area contributed by atoms with Gasteiger partial charge < -0.3 is 10.5 Å². The molecule has 1 aliphatic rings. The predicted octanol–water partition coefficient (Wildman–Crippen LogP) is 2.96. The molecule has 1 aliphatic heterocycles. The third kappa shape index (κ3) is 2.93. The van der Waals surface area contributed by atoms with Crippen LogP contribution in [0.4, 0.5) is 0 Å². The van der Waals surface area contributed by atoms with Gasteiger partial charge in [-0.15, -0.1) is 0 Å². The minimum atomic E-state index is 0.123. The molecule has 0 bridgehead atoms. The molecule has 0 aliphatic carbocycles. The summed E-state index contributed by atoms with van der Waals surface area (Å²) in [6, 6.07) is 8.73. The molecule has 2 rings (SSSR count). The molecule has 3 nitrogen and oxygen atoms in total. The summed E-state index contributed by atoms with van der Waals surface area (Å²) in [6.45, 7) is 10.5. The highest BCUT2D eigenvalue weighted by Gasteiger charge is 2.39. The minimum Gasteiger partial charge on any atom is -0.494 e. The number of nitrogens with two attached hydrogens (primary N) is 1. The van der Waals surface area contributed by atoms with Crippen molar-refractivity contribution in [2.45, 2.75) is 51.7 Å². The zero-order valence-electron chi connectivity index (χ0n) is 12.5. The molecule has 1 aromatic rings. The van der Waals surface area contributed by atoms with E-state index in [2.05, 4.69) is 37.8 Å². The van der Waals surface area contributed by atoms with Crippen LogP contribution in [0.25, 0.3) is 0 Å². The van der Waals surface area contributed by atoms with E-state index in [-0.39, 0.29) is 17.6 Å². The van der Waals surface area contributed by atoms with Gasteiger partial charge in [0.05, 0.1) is 12.6 Å². The van der Waals surface area contributed by atoms with Gasteiger partial charge in [0.1, 0.15) is 5.75 Å². The molecule has 3 heteroatoms. The van der Waals surface area contributed by atoms with Gasteiger partial charge in [0.2, 0.25) is 0 Å². The lowest BCUT2D eigenvalue weighted by molar-refractivity contribution is 0.115. The molecule has 0 saturated carbocycles. The zero-order chi connectivity index (χ0) is 14.0. The molecular weight excluding hydrogens is 236 g/mol. The highest BCUT2D eigenvalue weighted by atomic mass is 16.5. The van der Waals surface area contributed by atoms with Crippen LogP contribution in [0.3, 0.4) is 0 Å². The maximum atomic E-state index is 6.37. The molecular formula is C16H26N2O. The van der Waals surface area contributed by atoms with Gasteiger partial charge in [0.15, 0.2) is 0 Å². The quantitative estimate of drug-likeness (QED) is 0.910. The highest BCUT2D eigenvalue weighted by Crippen LogP contribution is 2.40. The second-order valence-electron chi connectivity index (χ2n) is 6.23. The summed E-state index contributed by atoms with van der Waals surface area (Å²) < 4.78 is 5.78. The lowest BCUT2D eigenvalue weighted by Crippen LogP contribution is -2.43. The molecule has 0 aromatic heterocycles. The van der Waals surface area contributed by atoms with Gasteiger partial charge in [-0.1, -0.05) is 18.2 Å². The van der Waals surface area contributed by atoms with E-state index < -0.39 is 0 Å². The van der Waals surface area contributed by atoms with Crippen LogP contribution in [0.15, 0.2) is 24.3 Å². The first kappa shape index (κ1) is 14.4. The lowest BCUT2D eigenvalue weighted by Gasteiger charge is -2.38. The smallest absolute Gasteiger partial charge is 0.124 e. The van der Waals surface area contributed by atoms with Crippen molar-refractivity contribution >= 4 is 0 Å². The van der Waals surface area contributed by atoms with Crippen molar-refractivity contribution in [2.24, 2.45) is 5.73 Å². The van der Waals surface area contributed by atoms with Crippen LogP contribution in [0.2, 0.25) is 0 Å². The molecule has 1 saturated heterocycles. The van der Waals surface area contributed by atoms with Crippen molar-refractivity contribution in [3.8, 4) is 5.75 Å². The Morgan fingerprint density at radius 3 is 2.63 bits per heavy atom. The Bertz CT molecular complexity index is 425. The number of hydrogen-bond acceptors (Lipinski definition) is 3. The first-order chi connectivity index (χ1) is 8.95. The largest absolute Gasteiger partial charge is 0.494 e. The number of benzene rings is 1. The summed E-state index contributed by atoms with van der Waals surface area (Å²) in [5.74, 6) is 0.974. The van der Waals surface area contributed by atoms with Crippen molar-refractivity contribution in [3.05, 3.63) is 29.8 Å². The molecule has 0 radical (unpaired) electrons.